The maximum atomic E-state index is 8.55. The Morgan fingerprint density at radius 3 is 0.381 bits per heavy atom. The first-order valence-electron chi connectivity index (χ1n) is 1.46. The van der Waals surface area contributed by atoms with Gasteiger partial charge in [-0.2, -0.15) is 15.6 Å². The zero-order chi connectivity index (χ0) is 9.00. The Morgan fingerprint density at radius 2 is 0.381 bits per heavy atom. The molecule has 0 rings (SSSR count). The van der Waals surface area contributed by atoms with Crippen LogP contribution in [-0.4, -0.2) is 43.8 Å². The molecule has 143 valence electrons. The molecule has 0 aromatic rings. The topological polar surface area (TPSA) is 424 Å². The van der Waals surface area contributed by atoms with Gasteiger partial charge in [0.1, 0.15) is 0 Å². The molecule has 0 atom stereocenters. The van der Waals surface area contributed by atoms with E-state index in [-0.39, 0.29) is 95.0 Å². The van der Waals surface area contributed by atoms with Gasteiger partial charge in [0.25, 0.3) is 0 Å². The normalized spacial score (nSPS) is 5.62. The smallest absolute Gasteiger partial charge is 0.822 e. The summed E-state index contributed by atoms with van der Waals surface area (Å²) in [5.41, 5.74) is 0. The number of rotatable bonds is 0. The average molecular weight is 499 g/mol. The molecule has 0 aromatic carbocycles. The zero-order valence-electron chi connectivity index (χ0n) is 9.29. The fourth-order valence-corrected chi connectivity index (χ4v) is 0. The van der Waals surface area contributed by atoms with Crippen LogP contribution in [0.5, 0.6) is 0 Å². The largest absolute Gasteiger partial charge is 2.00 e. The Labute approximate surface area is 149 Å². The van der Waals surface area contributed by atoms with Crippen LogP contribution in [0.15, 0.2) is 0 Å². The van der Waals surface area contributed by atoms with Gasteiger partial charge in [-0.1, -0.05) is 0 Å². The van der Waals surface area contributed by atoms with Crippen molar-refractivity contribution in [3.8, 4) is 0 Å². The van der Waals surface area contributed by atoms with Crippen molar-refractivity contribution < 1.29 is 134 Å². The first kappa shape index (κ1) is 116. The summed E-state index contributed by atoms with van der Waals surface area (Å²) in [7, 11) is -10.8. The van der Waals surface area contributed by atoms with Crippen molar-refractivity contribution in [1.82, 2.24) is 0 Å². The van der Waals surface area contributed by atoms with Crippen LogP contribution in [0.2, 0.25) is 0 Å². The van der Waals surface area contributed by atoms with E-state index in [9.17, 15) is 0 Å². The standard InChI is InChI=1S/3Mn.2H3O4P.8H2O/c;;;2*1-5(2,3)4;;;;;;;;/h;;;2*(H3,1,2,3,4);8*1H2/q3*+2;;;;;;;;;;/p-6. The van der Waals surface area contributed by atoms with E-state index in [4.69, 9.17) is 38.5 Å². The van der Waals surface area contributed by atoms with Crippen molar-refractivity contribution in [1.29, 1.82) is 0 Å². The van der Waals surface area contributed by atoms with Crippen LogP contribution in [0.25, 0.3) is 0 Å². The molecule has 0 amide bonds. The number of phosphoric acid groups is 2. The van der Waals surface area contributed by atoms with E-state index in [2.05, 4.69) is 0 Å². The summed E-state index contributed by atoms with van der Waals surface area (Å²) >= 11 is 0. The first-order valence-corrected chi connectivity index (χ1v) is 4.38. The molecule has 21 heteroatoms. The first-order chi connectivity index (χ1) is 4.00. The Balaban J connectivity index is -0.00000000364. The third-order valence-corrected chi connectivity index (χ3v) is 0. The second-order valence-electron chi connectivity index (χ2n) is 0.894. The van der Waals surface area contributed by atoms with Crippen LogP contribution in [0.3, 0.4) is 0 Å². The minimum Gasteiger partial charge on any atom is -0.822 e. The van der Waals surface area contributed by atoms with Crippen molar-refractivity contribution in [3.05, 3.63) is 0 Å². The van der Waals surface area contributed by atoms with Crippen molar-refractivity contribution in [3.63, 3.8) is 0 Å². The third kappa shape index (κ3) is 3820. The van der Waals surface area contributed by atoms with Crippen LogP contribution >= 0.6 is 15.6 Å². The molecular formula is H16Mn3O16P2. The van der Waals surface area contributed by atoms with Crippen molar-refractivity contribution >= 4 is 15.6 Å². The van der Waals surface area contributed by atoms with Gasteiger partial charge in [0.05, 0.1) is 0 Å². The van der Waals surface area contributed by atoms with Gasteiger partial charge >= 0.3 is 51.2 Å². The molecule has 0 aliphatic heterocycles. The quantitative estimate of drug-likeness (QED) is 0.227. The van der Waals surface area contributed by atoms with Gasteiger partial charge in [-0.25, -0.2) is 0 Å². The van der Waals surface area contributed by atoms with Crippen LogP contribution in [0, 0.1) is 0 Å². The van der Waals surface area contributed by atoms with E-state index < -0.39 is 15.6 Å². The van der Waals surface area contributed by atoms with Gasteiger partial charge in [0.15, 0.2) is 0 Å². The Kier molecular flexibility index (Phi) is 273. The SMILES string of the molecule is O.O.O.O.O.O.O.O.O=P([O-])([O-])[O-].O=P([O-])([O-])[O-].[Mn+2].[Mn+2].[Mn+2]. The van der Waals surface area contributed by atoms with Crippen molar-refractivity contribution in [2.45, 2.75) is 0 Å². The second kappa shape index (κ2) is 49.6. The molecule has 0 spiro atoms. The maximum absolute atomic E-state index is 8.55. The summed E-state index contributed by atoms with van der Waals surface area (Å²) in [6.07, 6.45) is 0. The van der Waals surface area contributed by atoms with Crippen molar-refractivity contribution in [2.75, 3.05) is 0 Å². The number of hydrogen-bond acceptors (Lipinski definition) is 8. The summed E-state index contributed by atoms with van der Waals surface area (Å²) in [6, 6.07) is 0. The van der Waals surface area contributed by atoms with Crippen LogP contribution in [-0.2, 0) is 60.3 Å². The molecule has 0 saturated heterocycles. The Hall–Kier alpha value is 1.46. The maximum Gasteiger partial charge on any atom is 2.00 e. The van der Waals surface area contributed by atoms with E-state index >= 15 is 0 Å². The van der Waals surface area contributed by atoms with E-state index in [0.29, 0.717) is 0 Å². The minimum absolute atomic E-state index is 0. The molecule has 16 nitrogen and oxygen atoms in total. The minimum atomic E-state index is -5.39. The van der Waals surface area contributed by atoms with E-state index in [0.717, 1.165) is 0 Å². The molecule has 0 saturated carbocycles. The molecule has 0 fully saturated rings. The average Bonchev–Trinajstić information content (AvgIpc) is 1.12. The molecule has 0 aliphatic rings. The molecular weight excluding hydrogens is 483 g/mol. The molecule has 21 heavy (non-hydrogen) atoms. The van der Waals surface area contributed by atoms with Gasteiger partial charge in [-0.3, -0.25) is 0 Å². The molecule has 3 radical (unpaired) electrons. The van der Waals surface area contributed by atoms with Crippen LogP contribution < -0.4 is 29.4 Å². The fraction of sp³-hybridized carbons (Fsp3) is 0. The molecule has 0 heterocycles. The molecule has 16 N–H and O–H groups in total. The van der Waals surface area contributed by atoms with Gasteiger partial charge in [-0.15, -0.1) is 0 Å². The van der Waals surface area contributed by atoms with Gasteiger partial charge in [0, 0.05) is 0 Å². The summed E-state index contributed by atoms with van der Waals surface area (Å²) in [4.78, 5) is 51.3. The van der Waals surface area contributed by atoms with E-state index in [1.54, 1.807) is 0 Å². The summed E-state index contributed by atoms with van der Waals surface area (Å²) in [5.74, 6) is 0. The predicted molar refractivity (Wildman–Crippen MR) is 44.1 cm³/mol. The predicted octanol–water partition coefficient (Wildman–Crippen LogP) is -12.3. The van der Waals surface area contributed by atoms with Crippen LogP contribution in [0.4, 0.5) is 0 Å². The summed E-state index contributed by atoms with van der Waals surface area (Å²) < 4.78 is 17.1. The van der Waals surface area contributed by atoms with Crippen molar-refractivity contribution in [2.24, 2.45) is 0 Å². The van der Waals surface area contributed by atoms with Gasteiger partial charge in [-0.05, 0) is 0 Å². The summed E-state index contributed by atoms with van der Waals surface area (Å²) in [5, 5.41) is 0. The third-order valence-electron chi connectivity index (χ3n) is 0. The molecule has 0 aliphatic carbocycles. The van der Waals surface area contributed by atoms with E-state index in [1.165, 1.54) is 0 Å². The molecule has 0 aromatic heterocycles. The Bertz CT molecular complexity index is 134. The van der Waals surface area contributed by atoms with Crippen LogP contribution in [0.1, 0.15) is 0 Å². The fourth-order valence-electron chi connectivity index (χ4n) is 0. The monoisotopic (exact) mass is 499 g/mol. The Morgan fingerprint density at radius 1 is 0.381 bits per heavy atom. The molecule has 0 unspecified atom stereocenters. The van der Waals surface area contributed by atoms with E-state index in [1.807, 2.05) is 0 Å². The number of hydrogen-bond donors (Lipinski definition) is 0. The second-order valence-corrected chi connectivity index (χ2v) is 2.68. The zero-order valence-corrected chi connectivity index (χ0v) is 14.6. The molecule has 0 bridgehead atoms. The summed E-state index contributed by atoms with van der Waals surface area (Å²) in [6.45, 7) is 0. The van der Waals surface area contributed by atoms with Gasteiger partial charge < -0.3 is 82.3 Å². The van der Waals surface area contributed by atoms with Gasteiger partial charge in [0.2, 0.25) is 0 Å².